The third kappa shape index (κ3) is 4.06. The summed E-state index contributed by atoms with van der Waals surface area (Å²) in [6.07, 6.45) is 2.52. The van der Waals surface area contributed by atoms with E-state index in [4.69, 9.17) is 9.63 Å². The minimum Gasteiger partial charge on any atom is -0.481 e. The predicted molar refractivity (Wildman–Crippen MR) is 70.7 cm³/mol. The second-order valence-corrected chi connectivity index (χ2v) is 5.64. The summed E-state index contributed by atoms with van der Waals surface area (Å²) in [6.45, 7) is 6.75. The number of carboxylic acid groups (broad SMARTS) is 1. The summed E-state index contributed by atoms with van der Waals surface area (Å²) in [5.41, 5.74) is 0.962. The summed E-state index contributed by atoms with van der Waals surface area (Å²) in [6, 6.07) is 1.96. The number of hydrogen-bond donors (Lipinski definition) is 1. The van der Waals surface area contributed by atoms with Crippen LogP contribution in [0.2, 0.25) is 0 Å². The normalized spacial score (nSPS) is 22.3. The SMILES string of the molecule is Cc1cc(CN2CCCC(C(C)CC(=O)O)C2)no1. The van der Waals surface area contributed by atoms with Crippen LogP contribution in [0.3, 0.4) is 0 Å². The van der Waals surface area contributed by atoms with Gasteiger partial charge in [0.05, 0.1) is 5.69 Å². The largest absolute Gasteiger partial charge is 0.481 e. The molecule has 1 saturated heterocycles. The molecule has 106 valence electrons. The fourth-order valence-electron chi connectivity index (χ4n) is 2.86. The second-order valence-electron chi connectivity index (χ2n) is 5.64. The molecule has 0 aliphatic carbocycles. The molecule has 0 bridgehead atoms. The van der Waals surface area contributed by atoms with E-state index in [1.165, 1.54) is 0 Å². The van der Waals surface area contributed by atoms with E-state index >= 15 is 0 Å². The highest BCUT2D eigenvalue weighted by molar-refractivity contribution is 5.67. The van der Waals surface area contributed by atoms with Crippen LogP contribution in [0.5, 0.6) is 0 Å². The Hall–Kier alpha value is -1.36. The van der Waals surface area contributed by atoms with E-state index < -0.39 is 5.97 Å². The molecule has 1 aliphatic heterocycles. The van der Waals surface area contributed by atoms with Gasteiger partial charge in [-0.2, -0.15) is 0 Å². The van der Waals surface area contributed by atoms with Crippen LogP contribution in [-0.4, -0.2) is 34.2 Å². The van der Waals surface area contributed by atoms with E-state index in [1.54, 1.807) is 0 Å². The third-order valence-corrected chi connectivity index (χ3v) is 3.91. The van der Waals surface area contributed by atoms with Crippen LogP contribution in [0.4, 0.5) is 0 Å². The molecule has 1 fully saturated rings. The van der Waals surface area contributed by atoms with Gasteiger partial charge in [-0.3, -0.25) is 9.69 Å². The van der Waals surface area contributed by atoms with E-state index in [0.717, 1.165) is 43.9 Å². The van der Waals surface area contributed by atoms with Crippen molar-refractivity contribution in [1.29, 1.82) is 0 Å². The van der Waals surface area contributed by atoms with Gasteiger partial charge in [0.25, 0.3) is 0 Å². The molecule has 0 spiro atoms. The Morgan fingerprint density at radius 1 is 1.68 bits per heavy atom. The molecule has 2 atom stereocenters. The Bertz CT molecular complexity index is 430. The molecule has 19 heavy (non-hydrogen) atoms. The number of carbonyl (C=O) groups is 1. The zero-order valence-corrected chi connectivity index (χ0v) is 11.6. The molecule has 1 N–H and O–H groups in total. The number of aryl methyl sites for hydroxylation is 1. The van der Waals surface area contributed by atoms with Crippen LogP contribution in [0.15, 0.2) is 10.6 Å². The average Bonchev–Trinajstić information content (AvgIpc) is 2.74. The Labute approximate surface area is 113 Å². The highest BCUT2D eigenvalue weighted by Crippen LogP contribution is 2.26. The van der Waals surface area contributed by atoms with Crippen LogP contribution < -0.4 is 0 Å². The van der Waals surface area contributed by atoms with Gasteiger partial charge in [0.2, 0.25) is 0 Å². The smallest absolute Gasteiger partial charge is 0.303 e. The minimum absolute atomic E-state index is 0.236. The van der Waals surface area contributed by atoms with Gasteiger partial charge in [-0.05, 0) is 38.1 Å². The molecule has 0 aromatic carbocycles. The van der Waals surface area contributed by atoms with Crippen molar-refractivity contribution in [3.05, 3.63) is 17.5 Å². The lowest BCUT2D eigenvalue weighted by Crippen LogP contribution is -2.37. The van der Waals surface area contributed by atoms with E-state index in [1.807, 2.05) is 19.9 Å². The molecule has 2 heterocycles. The zero-order valence-electron chi connectivity index (χ0n) is 11.6. The number of aliphatic carboxylic acids is 1. The topological polar surface area (TPSA) is 66.6 Å². The first-order valence-electron chi connectivity index (χ1n) is 6.91. The van der Waals surface area contributed by atoms with Crippen molar-refractivity contribution in [2.24, 2.45) is 11.8 Å². The van der Waals surface area contributed by atoms with Crippen LogP contribution in [-0.2, 0) is 11.3 Å². The molecule has 2 rings (SSSR count). The number of aromatic nitrogens is 1. The van der Waals surface area contributed by atoms with Crippen LogP contribution in [0.1, 0.15) is 37.6 Å². The number of nitrogens with zero attached hydrogens (tertiary/aromatic N) is 2. The summed E-state index contributed by atoms with van der Waals surface area (Å²) in [4.78, 5) is 13.1. The molecular formula is C14H22N2O3. The van der Waals surface area contributed by atoms with E-state index in [0.29, 0.717) is 5.92 Å². The summed E-state index contributed by atoms with van der Waals surface area (Å²) in [5, 5.41) is 12.9. The van der Waals surface area contributed by atoms with Gasteiger partial charge in [-0.25, -0.2) is 0 Å². The number of piperidine rings is 1. The minimum atomic E-state index is -0.697. The van der Waals surface area contributed by atoms with Crippen molar-refractivity contribution >= 4 is 5.97 Å². The Kier molecular flexibility index (Phi) is 4.58. The first-order valence-corrected chi connectivity index (χ1v) is 6.91. The molecule has 2 unspecified atom stereocenters. The van der Waals surface area contributed by atoms with Gasteiger partial charge < -0.3 is 9.63 Å². The standard InChI is InChI=1S/C14H22N2O3/c1-10(6-14(17)18)12-4-3-5-16(8-12)9-13-7-11(2)19-15-13/h7,10,12H,3-6,8-9H2,1-2H3,(H,17,18). The number of hydrogen-bond acceptors (Lipinski definition) is 4. The molecule has 5 heteroatoms. The summed E-state index contributed by atoms with van der Waals surface area (Å²) in [7, 11) is 0. The molecule has 0 radical (unpaired) electrons. The van der Waals surface area contributed by atoms with Crippen LogP contribution >= 0.6 is 0 Å². The second kappa shape index (κ2) is 6.19. The number of likely N-dealkylation sites (tertiary alicyclic amines) is 1. The van der Waals surface area contributed by atoms with Crippen molar-refractivity contribution in [1.82, 2.24) is 10.1 Å². The molecule has 5 nitrogen and oxygen atoms in total. The zero-order chi connectivity index (χ0) is 13.8. The van der Waals surface area contributed by atoms with Gasteiger partial charge in [0.1, 0.15) is 5.76 Å². The van der Waals surface area contributed by atoms with Crippen molar-refractivity contribution in [3.63, 3.8) is 0 Å². The van der Waals surface area contributed by atoms with Crippen LogP contribution in [0, 0.1) is 18.8 Å². The van der Waals surface area contributed by atoms with Gasteiger partial charge in [0.15, 0.2) is 0 Å². The Morgan fingerprint density at radius 2 is 2.47 bits per heavy atom. The van der Waals surface area contributed by atoms with E-state index in [-0.39, 0.29) is 12.3 Å². The summed E-state index contributed by atoms with van der Waals surface area (Å²) < 4.78 is 5.08. The molecule has 1 aromatic heterocycles. The lowest BCUT2D eigenvalue weighted by Gasteiger charge is -2.35. The van der Waals surface area contributed by atoms with Gasteiger partial charge in [-0.15, -0.1) is 0 Å². The maximum Gasteiger partial charge on any atom is 0.303 e. The van der Waals surface area contributed by atoms with Crippen molar-refractivity contribution < 1.29 is 14.4 Å². The number of rotatable bonds is 5. The van der Waals surface area contributed by atoms with E-state index in [2.05, 4.69) is 10.1 Å². The fraction of sp³-hybridized carbons (Fsp3) is 0.714. The quantitative estimate of drug-likeness (QED) is 0.885. The lowest BCUT2D eigenvalue weighted by atomic mass is 9.84. The van der Waals surface area contributed by atoms with Gasteiger partial charge in [0, 0.05) is 25.6 Å². The maximum absolute atomic E-state index is 10.8. The van der Waals surface area contributed by atoms with Gasteiger partial charge in [-0.1, -0.05) is 12.1 Å². The Balaban J connectivity index is 1.88. The van der Waals surface area contributed by atoms with E-state index in [9.17, 15) is 4.79 Å². The molecular weight excluding hydrogens is 244 g/mol. The Morgan fingerprint density at radius 3 is 3.11 bits per heavy atom. The fourth-order valence-corrected chi connectivity index (χ4v) is 2.86. The van der Waals surface area contributed by atoms with Crippen molar-refractivity contribution in [2.75, 3.05) is 13.1 Å². The first-order chi connectivity index (χ1) is 9.04. The predicted octanol–water partition coefficient (Wildman–Crippen LogP) is 2.31. The third-order valence-electron chi connectivity index (χ3n) is 3.91. The molecule has 1 aromatic rings. The number of carboxylic acids is 1. The molecule has 1 aliphatic rings. The monoisotopic (exact) mass is 266 g/mol. The maximum atomic E-state index is 10.8. The van der Waals surface area contributed by atoms with Crippen LogP contribution in [0.25, 0.3) is 0 Å². The van der Waals surface area contributed by atoms with Crippen molar-refractivity contribution in [2.45, 2.75) is 39.7 Å². The highest BCUT2D eigenvalue weighted by Gasteiger charge is 2.26. The first kappa shape index (κ1) is 14.1. The van der Waals surface area contributed by atoms with Gasteiger partial charge >= 0.3 is 5.97 Å². The highest BCUT2D eigenvalue weighted by atomic mass is 16.5. The summed E-state index contributed by atoms with van der Waals surface area (Å²) >= 11 is 0. The average molecular weight is 266 g/mol. The summed E-state index contributed by atoms with van der Waals surface area (Å²) in [5.74, 6) is 0.844. The molecule has 0 amide bonds. The van der Waals surface area contributed by atoms with Crippen molar-refractivity contribution in [3.8, 4) is 0 Å². The lowest BCUT2D eigenvalue weighted by molar-refractivity contribution is -0.138. The molecule has 0 saturated carbocycles.